The Balaban J connectivity index is 2.72. The number of benzene rings is 1. The van der Waals surface area contributed by atoms with Gasteiger partial charge in [-0.3, -0.25) is 4.79 Å². The highest BCUT2D eigenvalue weighted by atomic mass is 16.5. The highest BCUT2D eigenvalue weighted by molar-refractivity contribution is 5.72. The smallest absolute Gasteiger partial charge is 0.308 e. The third-order valence-electron chi connectivity index (χ3n) is 4.55. The molecule has 1 aromatic rings. The van der Waals surface area contributed by atoms with Crippen molar-refractivity contribution in [2.75, 3.05) is 7.11 Å². The Labute approximate surface area is 127 Å². The molecule has 0 heterocycles. The van der Waals surface area contributed by atoms with E-state index in [0.717, 1.165) is 29.9 Å². The molecule has 0 saturated heterocycles. The number of esters is 1. The van der Waals surface area contributed by atoms with Crippen LogP contribution in [0, 0.1) is 12.8 Å². The summed E-state index contributed by atoms with van der Waals surface area (Å²) in [5.41, 5.74) is 3.39. The summed E-state index contributed by atoms with van der Waals surface area (Å²) in [6, 6.07) is 2.00. The van der Waals surface area contributed by atoms with Gasteiger partial charge in [-0.1, -0.05) is 20.8 Å². The van der Waals surface area contributed by atoms with E-state index >= 15 is 0 Å². The van der Waals surface area contributed by atoms with Crippen LogP contribution in [-0.2, 0) is 4.79 Å². The van der Waals surface area contributed by atoms with Crippen molar-refractivity contribution in [3.8, 4) is 11.5 Å². The van der Waals surface area contributed by atoms with Gasteiger partial charge in [-0.05, 0) is 49.1 Å². The molecule has 2 atom stereocenters. The molecule has 1 aliphatic rings. The third kappa shape index (κ3) is 2.92. The van der Waals surface area contributed by atoms with Crippen molar-refractivity contribution in [2.45, 2.75) is 59.3 Å². The second kappa shape index (κ2) is 6.08. The van der Waals surface area contributed by atoms with E-state index in [2.05, 4.69) is 20.8 Å². The van der Waals surface area contributed by atoms with Crippen LogP contribution in [0.3, 0.4) is 0 Å². The van der Waals surface area contributed by atoms with Crippen molar-refractivity contribution in [3.63, 3.8) is 0 Å². The van der Waals surface area contributed by atoms with Crippen LogP contribution in [0.4, 0.5) is 0 Å². The SMILES string of the molecule is COc1cc(C)c(OC(C)=O)c2c1[C@@H](C)CC[C@@H]2C(C)C. The molecule has 1 aliphatic carbocycles. The van der Waals surface area contributed by atoms with E-state index in [1.54, 1.807) is 7.11 Å². The molecule has 0 N–H and O–H groups in total. The molecule has 3 nitrogen and oxygen atoms in total. The average Bonchev–Trinajstić information content (AvgIpc) is 2.40. The summed E-state index contributed by atoms with van der Waals surface area (Å²) in [4.78, 5) is 11.5. The third-order valence-corrected chi connectivity index (χ3v) is 4.55. The van der Waals surface area contributed by atoms with E-state index in [4.69, 9.17) is 9.47 Å². The Morgan fingerprint density at radius 3 is 2.48 bits per heavy atom. The Hall–Kier alpha value is -1.51. The van der Waals surface area contributed by atoms with Gasteiger partial charge < -0.3 is 9.47 Å². The molecular formula is C18H26O3. The minimum Gasteiger partial charge on any atom is -0.496 e. The van der Waals surface area contributed by atoms with Crippen molar-refractivity contribution in [3.05, 3.63) is 22.8 Å². The van der Waals surface area contributed by atoms with Gasteiger partial charge in [0.15, 0.2) is 0 Å². The predicted octanol–water partition coefficient (Wildman–Crippen LogP) is 4.57. The van der Waals surface area contributed by atoms with Crippen LogP contribution in [0.2, 0.25) is 0 Å². The maximum absolute atomic E-state index is 11.5. The summed E-state index contributed by atoms with van der Waals surface area (Å²) in [6.07, 6.45) is 2.28. The van der Waals surface area contributed by atoms with Gasteiger partial charge in [0.05, 0.1) is 7.11 Å². The van der Waals surface area contributed by atoms with E-state index in [9.17, 15) is 4.79 Å². The summed E-state index contributed by atoms with van der Waals surface area (Å²) >= 11 is 0. The first-order valence-electron chi connectivity index (χ1n) is 7.76. The summed E-state index contributed by atoms with van der Waals surface area (Å²) in [7, 11) is 1.71. The van der Waals surface area contributed by atoms with Crippen LogP contribution in [-0.4, -0.2) is 13.1 Å². The molecule has 0 amide bonds. The Kier molecular flexibility index (Phi) is 4.60. The quantitative estimate of drug-likeness (QED) is 0.604. The lowest BCUT2D eigenvalue weighted by Gasteiger charge is -2.35. The van der Waals surface area contributed by atoms with E-state index < -0.39 is 0 Å². The van der Waals surface area contributed by atoms with Gasteiger partial charge in [-0.15, -0.1) is 0 Å². The Morgan fingerprint density at radius 2 is 1.95 bits per heavy atom. The molecule has 116 valence electrons. The molecule has 0 radical (unpaired) electrons. The highest BCUT2D eigenvalue weighted by Crippen LogP contribution is 2.51. The number of fused-ring (bicyclic) bond motifs is 1. The lowest BCUT2D eigenvalue weighted by atomic mass is 9.71. The van der Waals surface area contributed by atoms with Gasteiger partial charge in [-0.2, -0.15) is 0 Å². The predicted molar refractivity (Wildman–Crippen MR) is 84.3 cm³/mol. The molecule has 0 spiro atoms. The molecule has 0 fully saturated rings. The normalized spacial score (nSPS) is 21.1. The van der Waals surface area contributed by atoms with E-state index in [1.165, 1.54) is 18.1 Å². The van der Waals surface area contributed by atoms with Crippen LogP contribution in [0.15, 0.2) is 6.07 Å². The number of methoxy groups -OCH3 is 1. The number of hydrogen-bond donors (Lipinski definition) is 0. The lowest BCUT2D eigenvalue weighted by Crippen LogP contribution is -2.21. The minimum atomic E-state index is -0.258. The summed E-state index contributed by atoms with van der Waals surface area (Å²) in [5.74, 6) is 2.78. The fraction of sp³-hybridized carbons (Fsp3) is 0.611. The van der Waals surface area contributed by atoms with Crippen LogP contribution in [0.5, 0.6) is 11.5 Å². The molecule has 2 rings (SSSR count). The molecule has 1 aromatic carbocycles. The van der Waals surface area contributed by atoms with Crippen LogP contribution >= 0.6 is 0 Å². The summed E-state index contributed by atoms with van der Waals surface area (Å²) in [6.45, 7) is 10.1. The second-order valence-electron chi connectivity index (χ2n) is 6.47. The zero-order valence-electron chi connectivity index (χ0n) is 13.9. The van der Waals surface area contributed by atoms with Crippen molar-refractivity contribution in [2.24, 2.45) is 5.92 Å². The van der Waals surface area contributed by atoms with Gasteiger partial charge in [0.25, 0.3) is 0 Å². The molecule has 0 aliphatic heterocycles. The largest absolute Gasteiger partial charge is 0.496 e. The van der Waals surface area contributed by atoms with E-state index in [0.29, 0.717) is 17.8 Å². The van der Waals surface area contributed by atoms with Crippen molar-refractivity contribution in [1.82, 2.24) is 0 Å². The molecule has 0 aromatic heterocycles. The number of carbonyl (C=O) groups is 1. The lowest BCUT2D eigenvalue weighted by molar-refractivity contribution is -0.132. The zero-order chi connectivity index (χ0) is 15.7. The molecule has 0 saturated carbocycles. The van der Waals surface area contributed by atoms with Crippen LogP contribution in [0.1, 0.15) is 69.1 Å². The second-order valence-corrected chi connectivity index (χ2v) is 6.47. The number of ether oxygens (including phenoxy) is 2. The highest BCUT2D eigenvalue weighted by Gasteiger charge is 2.33. The fourth-order valence-electron chi connectivity index (χ4n) is 3.52. The molecular weight excluding hydrogens is 264 g/mol. The topological polar surface area (TPSA) is 35.5 Å². The Bertz CT molecular complexity index is 546. The first kappa shape index (κ1) is 15.9. The molecule has 0 unspecified atom stereocenters. The van der Waals surface area contributed by atoms with Crippen molar-refractivity contribution < 1.29 is 14.3 Å². The summed E-state index contributed by atoms with van der Waals surface area (Å²) in [5, 5.41) is 0. The van der Waals surface area contributed by atoms with Crippen molar-refractivity contribution in [1.29, 1.82) is 0 Å². The van der Waals surface area contributed by atoms with Gasteiger partial charge in [-0.25, -0.2) is 0 Å². The summed E-state index contributed by atoms with van der Waals surface area (Å²) < 4.78 is 11.2. The number of aryl methyl sites for hydroxylation is 1. The van der Waals surface area contributed by atoms with Crippen molar-refractivity contribution >= 4 is 5.97 Å². The number of rotatable bonds is 3. The van der Waals surface area contributed by atoms with Crippen LogP contribution in [0.25, 0.3) is 0 Å². The monoisotopic (exact) mass is 290 g/mol. The molecule has 21 heavy (non-hydrogen) atoms. The van der Waals surface area contributed by atoms with Gasteiger partial charge >= 0.3 is 5.97 Å². The minimum absolute atomic E-state index is 0.258. The zero-order valence-corrected chi connectivity index (χ0v) is 13.9. The van der Waals surface area contributed by atoms with Crippen LogP contribution < -0.4 is 9.47 Å². The number of hydrogen-bond acceptors (Lipinski definition) is 3. The van der Waals surface area contributed by atoms with Gasteiger partial charge in [0.1, 0.15) is 11.5 Å². The molecule has 0 bridgehead atoms. The van der Waals surface area contributed by atoms with E-state index in [1.807, 2.05) is 13.0 Å². The van der Waals surface area contributed by atoms with Gasteiger partial charge in [0.2, 0.25) is 0 Å². The first-order chi connectivity index (χ1) is 9.86. The number of carbonyl (C=O) groups excluding carboxylic acids is 1. The maximum Gasteiger partial charge on any atom is 0.308 e. The average molecular weight is 290 g/mol. The van der Waals surface area contributed by atoms with Gasteiger partial charge in [0, 0.05) is 18.1 Å². The first-order valence-corrected chi connectivity index (χ1v) is 7.76. The standard InChI is InChI=1S/C18H26O3/c1-10(2)14-8-7-11(3)16-15(20-6)9-12(4)18(17(14)16)21-13(5)19/h9-11,14H,7-8H2,1-6H3/t11-,14+/m0/s1. The Morgan fingerprint density at radius 1 is 1.29 bits per heavy atom. The fourth-order valence-corrected chi connectivity index (χ4v) is 3.52. The maximum atomic E-state index is 11.5. The van der Waals surface area contributed by atoms with E-state index in [-0.39, 0.29) is 5.97 Å². The molecule has 3 heteroatoms.